The summed E-state index contributed by atoms with van der Waals surface area (Å²) in [4.78, 5) is 4.21. The smallest absolute Gasteiger partial charge is 0.196 e. The second-order valence-electron chi connectivity index (χ2n) is 6.66. The van der Waals surface area contributed by atoms with Gasteiger partial charge in [0, 0.05) is 42.6 Å². The molecule has 0 radical (unpaired) electrons. The molecule has 0 saturated carbocycles. The van der Waals surface area contributed by atoms with Crippen LogP contribution < -0.4 is 0 Å². The zero-order valence-electron chi connectivity index (χ0n) is 16.2. The predicted octanol–water partition coefficient (Wildman–Crippen LogP) is 5.80. The van der Waals surface area contributed by atoms with Crippen LogP contribution in [0.2, 0.25) is 10.0 Å². The van der Waals surface area contributed by atoms with Gasteiger partial charge in [0.2, 0.25) is 0 Å². The molecule has 0 atom stereocenters. The molecular formula is C21H20Cl2N6S. The van der Waals surface area contributed by atoms with Crippen LogP contribution in [-0.4, -0.2) is 35.3 Å². The molecule has 0 bridgehead atoms. The Morgan fingerprint density at radius 3 is 2.63 bits per heavy atom. The molecule has 30 heavy (non-hydrogen) atoms. The van der Waals surface area contributed by atoms with Crippen molar-refractivity contribution in [1.29, 1.82) is 0 Å². The van der Waals surface area contributed by atoms with Gasteiger partial charge in [-0.2, -0.15) is 5.10 Å². The molecule has 0 spiro atoms. The van der Waals surface area contributed by atoms with E-state index in [0.717, 1.165) is 53.8 Å². The highest BCUT2D eigenvalue weighted by molar-refractivity contribution is 7.99. The first-order valence-electron chi connectivity index (χ1n) is 9.64. The van der Waals surface area contributed by atoms with E-state index in [1.807, 2.05) is 52.0 Å². The predicted molar refractivity (Wildman–Crippen MR) is 121 cm³/mol. The summed E-state index contributed by atoms with van der Waals surface area (Å²) in [5.41, 5.74) is 1.76. The lowest BCUT2D eigenvalue weighted by Gasteiger charge is -2.11. The Morgan fingerprint density at radius 2 is 1.87 bits per heavy atom. The third-order valence-electron chi connectivity index (χ3n) is 4.54. The number of aromatic nitrogens is 6. The fraction of sp³-hybridized carbons (Fsp3) is 0.238. The topological polar surface area (TPSA) is 61.4 Å². The van der Waals surface area contributed by atoms with Gasteiger partial charge in [-0.3, -0.25) is 14.2 Å². The standard InChI is InChI=1S/C21H20Cl2N6S/c22-18-8-7-17(14-19(18)23)29-20(16-6-4-9-24-15-16)26-27-21(29)30-13-3-1-2-11-28-12-5-10-25-28/h4-10,12,14-15H,1-3,11,13H2. The van der Waals surface area contributed by atoms with E-state index in [1.165, 1.54) is 0 Å². The fourth-order valence-corrected chi connectivity index (χ4v) is 4.29. The van der Waals surface area contributed by atoms with Crippen molar-refractivity contribution < 1.29 is 0 Å². The van der Waals surface area contributed by atoms with Crippen LogP contribution in [0.4, 0.5) is 0 Å². The zero-order chi connectivity index (χ0) is 20.8. The number of hydrogen-bond acceptors (Lipinski definition) is 5. The molecule has 4 rings (SSSR count). The molecule has 0 amide bonds. The van der Waals surface area contributed by atoms with E-state index in [4.69, 9.17) is 23.2 Å². The minimum Gasteiger partial charge on any atom is -0.273 e. The quantitative estimate of drug-likeness (QED) is 0.234. The van der Waals surface area contributed by atoms with E-state index in [9.17, 15) is 0 Å². The molecule has 0 aliphatic carbocycles. The van der Waals surface area contributed by atoms with Gasteiger partial charge in [0.1, 0.15) is 0 Å². The third kappa shape index (κ3) is 5.03. The third-order valence-corrected chi connectivity index (χ3v) is 6.29. The normalized spacial score (nSPS) is 11.1. The van der Waals surface area contributed by atoms with Crippen molar-refractivity contribution in [2.45, 2.75) is 31.0 Å². The van der Waals surface area contributed by atoms with Gasteiger partial charge < -0.3 is 0 Å². The van der Waals surface area contributed by atoms with Crippen LogP contribution >= 0.6 is 35.0 Å². The minimum atomic E-state index is 0.495. The lowest BCUT2D eigenvalue weighted by molar-refractivity contribution is 0.554. The van der Waals surface area contributed by atoms with Gasteiger partial charge in [-0.25, -0.2) is 0 Å². The Balaban J connectivity index is 1.48. The van der Waals surface area contributed by atoms with Crippen molar-refractivity contribution >= 4 is 35.0 Å². The Labute approximate surface area is 189 Å². The van der Waals surface area contributed by atoms with E-state index >= 15 is 0 Å². The van der Waals surface area contributed by atoms with Crippen LogP contribution in [0.25, 0.3) is 17.1 Å². The van der Waals surface area contributed by atoms with Crippen molar-refractivity contribution in [1.82, 2.24) is 29.5 Å². The van der Waals surface area contributed by atoms with Crippen molar-refractivity contribution in [3.05, 3.63) is 71.2 Å². The first kappa shape index (κ1) is 20.9. The van der Waals surface area contributed by atoms with Gasteiger partial charge in [0.05, 0.1) is 15.7 Å². The number of pyridine rings is 1. The monoisotopic (exact) mass is 458 g/mol. The maximum Gasteiger partial charge on any atom is 0.196 e. The summed E-state index contributed by atoms with van der Waals surface area (Å²) in [6.45, 7) is 0.947. The molecule has 0 saturated heterocycles. The number of aryl methyl sites for hydroxylation is 1. The summed E-state index contributed by atoms with van der Waals surface area (Å²) < 4.78 is 3.97. The van der Waals surface area contributed by atoms with Crippen LogP contribution in [0.1, 0.15) is 19.3 Å². The molecule has 3 heterocycles. The van der Waals surface area contributed by atoms with Crippen LogP contribution in [-0.2, 0) is 6.54 Å². The van der Waals surface area contributed by atoms with Gasteiger partial charge in [0.25, 0.3) is 0 Å². The molecule has 3 aromatic heterocycles. The summed E-state index contributed by atoms with van der Waals surface area (Å²) in [6.07, 6.45) is 10.6. The van der Waals surface area contributed by atoms with Crippen molar-refractivity contribution in [2.24, 2.45) is 0 Å². The number of hydrogen-bond donors (Lipinski definition) is 0. The number of thioether (sulfide) groups is 1. The van der Waals surface area contributed by atoms with Crippen molar-refractivity contribution in [3.8, 4) is 17.1 Å². The van der Waals surface area contributed by atoms with E-state index in [1.54, 1.807) is 30.2 Å². The van der Waals surface area contributed by atoms with Crippen LogP contribution in [0.15, 0.2) is 66.3 Å². The number of rotatable bonds is 9. The molecular weight excluding hydrogens is 439 g/mol. The van der Waals surface area contributed by atoms with Gasteiger partial charge in [-0.05, 0) is 49.2 Å². The highest BCUT2D eigenvalue weighted by Gasteiger charge is 2.17. The van der Waals surface area contributed by atoms with Crippen molar-refractivity contribution in [3.63, 3.8) is 0 Å². The molecule has 0 fully saturated rings. The first-order chi connectivity index (χ1) is 14.7. The van der Waals surface area contributed by atoms with Crippen LogP contribution in [0.5, 0.6) is 0 Å². The SMILES string of the molecule is Clc1ccc(-n2c(SCCCCCn3cccn3)nnc2-c2cccnc2)cc1Cl. The van der Waals surface area contributed by atoms with Gasteiger partial charge >= 0.3 is 0 Å². The minimum absolute atomic E-state index is 0.495. The number of unbranched alkanes of at least 4 members (excludes halogenated alkanes) is 2. The summed E-state index contributed by atoms with van der Waals surface area (Å²) >= 11 is 14.1. The maximum atomic E-state index is 6.27. The van der Waals surface area contributed by atoms with E-state index in [-0.39, 0.29) is 0 Å². The summed E-state index contributed by atoms with van der Waals surface area (Å²) in [6, 6.07) is 11.3. The summed E-state index contributed by atoms with van der Waals surface area (Å²) in [5, 5.41) is 14.9. The molecule has 0 unspecified atom stereocenters. The Hall–Kier alpha value is -2.35. The highest BCUT2D eigenvalue weighted by atomic mass is 35.5. The van der Waals surface area contributed by atoms with Gasteiger partial charge in [-0.15, -0.1) is 10.2 Å². The first-order valence-corrected chi connectivity index (χ1v) is 11.4. The second-order valence-corrected chi connectivity index (χ2v) is 8.54. The average Bonchev–Trinajstić information content (AvgIpc) is 3.43. The molecule has 6 nitrogen and oxygen atoms in total. The molecule has 1 aromatic carbocycles. The number of halogens is 2. The number of nitrogens with zero attached hydrogens (tertiary/aromatic N) is 6. The summed E-state index contributed by atoms with van der Waals surface area (Å²) in [7, 11) is 0. The fourth-order valence-electron chi connectivity index (χ4n) is 3.05. The largest absolute Gasteiger partial charge is 0.273 e. The lowest BCUT2D eigenvalue weighted by Crippen LogP contribution is -2.01. The molecule has 0 N–H and O–H groups in total. The molecule has 4 aromatic rings. The van der Waals surface area contributed by atoms with Crippen molar-refractivity contribution in [2.75, 3.05) is 5.75 Å². The van der Waals surface area contributed by atoms with Crippen LogP contribution in [0.3, 0.4) is 0 Å². The Kier molecular flexibility index (Phi) is 7.04. The lowest BCUT2D eigenvalue weighted by atomic mass is 10.2. The molecule has 0 aliphatic rings. The van der Waals surface area contributed by atoms with E-state index in [2.05, 4.69) is 20.3 Å². The highest BCUT2D eigenvalue weighted by Crippen LogP contribution is 2.31. The number of benzene rings is 1. The van der Waals surface area contributed by atoms with E-state index in [0.29, 0.717) is 10.0 Å². The Morgan fingerprint density at radius 1 is 0.933 bits per heavy atom. The average molecular weight is 459 g/mol. The van der Waals surface area contributed by atoms with E-state index < -0.39 is 0 Å². The zero-order valence-corrected chi connectivity index (χ0v) is 18.5. The maximum absolute atomic E-state index is 6.27. The van der Waals surface area contributed by atoms with Gasteiger partial charge in [0.15, 0.2) is 11.0 Å². The second kappa shape index (κ2) is 10.1. The van der Waals surface area contributed by atoms with Crippen LogP contribution in [0, 0.1) is 0 Å². The Bertz CT molecular complexity index is 1080. The summed E-state index contributed by atoms with van der Waals surface area (Å²) in [5.74, 6) is 1.67. The molecule has 9 heteroatoms. The van der Waals surface area contributed by atoms with Gasteiger partial charge in [-0.1, -0.05) is 41.4 Å². The molecule has 154 valence electrons. The molecule has 0 aliphatic heterocycles.